The smallest absolute Gasteiger partial charge is 0.253 e. The average Bonchev–Trinajstić information content (AvgIpc) is 2.86. The largest absolute Gasteiger partial charge is 0.339 e. The van der Waals surface area contributed by atoms with E-state index in [0.29, 0.717) is 0 Å². The topological polar surface area (TPSA) is 46.1 Å². The molecule has 5 heteroatoms. The molecule has 0 saturated carbocycles. The van der Waals surface area contributed by atoms with Crippen LogP contribution in [0.5, 0.6) is 0 Å². The number of piperidine rings is 1. The van der Waals surface area contributed by atoms with E-state index in [9.17, 15) is 4.79 Å². The summed E-state index contributed by atoms with van der Waals surface area (Å²) in [6.45, 7) is 3.98. The Morgan fingerprint density at radius 3 is 2.94 bits per heavy atom. The van der Waals surface area contributed by atoms with Crippen molar-refractivity contribution in [2.24, 2.45) is 5.92 Å². The zero-order valence-corrected chi connectivity index (χ0v) is 11.1. The molecule has 1 aliphatic heterocycles. The van der Waals surface area contributed by atoms with Crippen LogP contribution in [0, 0.1) is 5.92 Å². The Balaban J connectivity index is 1.82. The normalized spacial score (nSPS) is 17.3. The average molecular weight is 261 g/mol. The lowest BCUT2D eigenvalue weighted by atomic mass is 9.98. The van der Waals surface area contributed by atoms with Crippen LogP contribution in [0.25, 0.3) is 10.2 Å². The van der Waals surface area contributed by atoms with E-state index in [-0.39, 0.29) is 5.91 Å². The van der Waals surface area contributed by atoms with E-state index >= 15 is 0 Å². The molecule has 18 heavy (non-hydrogen) atoms. The van der Waals surface area contributed by atoms with E-state index in [0.717, 1.165) is 47.6 Å². The number of fused-ring (bicyclic) bond motifs is 1. The van der Waals surface area contributed by atoms with Crippen molar-refractivity contribution in [3.05, 3.63) is 23.8 Å². The van der Waals surface area contributed by atoms with Gasteiger partial charge in [-0.2, -0.15) is 0 Å². The molecule has 4 nitrogen and oxygen atoms in total. The van der Waals surface area contributed by atoms with Crippen LogP contribution in [0.15, 0.2) is 18.2 Å². The second kappa shape index (κ2) is 4.65. The Morgan fingerprint density at radius 2 is 2.17 bits per heavy atom. The molecule has 0 atom stereocenters. The maximum absolute atomic E-state index is 12.4. The van der Waals surface area contributed by atoms with E-state index in [1.54, 1.807) is 0 Å². The van der Waals surface area contributed by atoms with Crippen LogP contribution in [0.4, 0.5) is 0 Å². The highest BCUT2D eigenvalue weighted by molar-refractivity contribution is 7.12. The maximum atomic E-state index is 12.4. The van der Waals surface area contributed by atoms with Gasteiger partial charge in [-0.3, -0.25) is 4.79 Å². The van der Waals surface area contributed by atoms with E-state index in [1.807, 2.05) is 23.1 Å². The molecule has 0 spiro atoms. The Morgan fingerprint density at radius 1 is 1.39 bits per heavy atom. The fourth-order valence-corrected chi connectivity index (χ4v) is 2.85. The summed E-state index contributed by atoms with van der Waals surface area (Å²) in [5, 5.41) is 4.02. The molecule has 3 rings (SSSR count). The number of nitrogens with zero attached hydrogens (tertiary/aromatic N) is 3. The van der Waals surface area contributed by atoms with Gasteiger partial charge in [0.25, 0.3) is 5.91 Å². The van der Waals surface area contributed by atoms with Crippen LogP contribution < -0.4 is 0 Å². The number of carbonyl (C=O) groups excluding carboxylic acids is 1. The Labute approximate surface area is 110 Å². The molecule has 1 fully saturated rings. The fraction of sp³-hybridized carbons (Fsp3) is 0.462. The molecule has 2 aromatic rings. The number of likely N-dealkylation sites (tertiary alicyclic amines) is 1. The molecule has 0 N–H and O–H groups in total. The van der Waals surface area contributed by atoms with E-state index in [4.69, 9.17) is 0 Å². The standard InChI is InChI=1S/C13H15N3OS/c1-9-4-6-16(7-5-9)13(17)10-2-3-12-11(8-10)14-15-18-12/h2-3,8-9H,4-7H2,1H3. The summed E-state index contributed by atoms with van der Waals surface area (Å²) < 4.78 is 4.92. The van der Waals surface area contributed by atoms with Crippen molar-refractivity contribution in [2.45, 2.75) is 19.8 Å². The third kappa shape index (κ3) is 2.10. The first kappa shape index (κ1) is 11.6. The molecular weight excluding hydrogens is 246 g/mol. The van der Waals surface area contributed by atoms with Crippen molar-refractivity contribution in [1.82, 2.24) is 14.5 Å². The predicted octanol–water partition coefficient (Wildman–Crippen LogP) is 2.56. The first-order valence-corrected chi connectivity index (χ1v) is 7.03. The lowest BCUT2D eigenvalue weighted by molar-refractivity contribution is 0.0697. The first-order chi connectivity index (χ1) is 8.74. The second-order valence-electron chi connectivity index (χ2n) is 4.93. The minimum absolute atomic E-state index is 0.122. The number of amides is 1. The van der Waals surface area contributed by atoms with Crippen LogP contribution in [0.1, 0.15) is 30.1 Å². The predicted molar refractivity (Wildman–Crippen MR) is 71.7 cm³/mol. The summed E-state index contributed by atoms with van der Waals surface area (Å²) in [7, 11) is 0. The number of benzene rings is 1. The number of aromatic nitrogens is 2. The summed E-state index contributed by atoms with van der Waals surface area (Å²) in [5.74, 6) is 0.857. The molecule has 2 heterocycles. The van der Waals surface area contributed by atoms with E-state index in [1.165, 1.54) is 11.5 Å². The molecule has 0 unspecified atom stereocenters. The van der Waals surface area contributed by atoms with Gasteiger partial charge in [-0.1, -0.05) is 11.4 Å². The van der Waals surface area contributed by atoms with Crippen LogP contribution in [-0.4, -0.2) is 33.5 Å². The van der Waals surface area contributed by atoms with Gasteiger partial charge in [-0.15, -0.1) is 5.10 Å². The highest BCUT2D eigenvalue weighted by Gasteiger charge is 2.21. The quantitative estimate of drug-likeness (QED) is 0.792. The van der Waals surface area contributed by atoms with Crippen molar-refractivity contribution >= 4 is 27.7 Å². The zero-order chi connectivity index (χ0) is 12.5. The highest BCUT2D eigenvalue weighted by atomic mass is 32.1. The number of hydrogen-bond acceptors (Lipinski definition) is 4. The Kier molecular flexibility index (Phi) is 2.99. The molecular formula is C13H15N3OS. The SMILES string of the molecule is CC1CCN(C(=O)c2ccc3snnc3c2)CC1. The van der Waals surface area contributed by atoms with Gasteiger partial charge in [-0.25, -0.2) is 0 Å². The van der Waals surface area contributed by atoms with Crippen molar-refractivity contribution in [3.63, 3.8) is 0 Å². The third-order valence-corrected chi connectivity index (χ3v) is 4.27. The summed E-state index contributed by atoms with van der Waals surface area (Å²) in [6, 6.07) is 5.65. The van der Waals surface area contributed by atoms with E-state index in [2.05, 4.69) is 16.5 Å². The van der Waals surface area contributed by atoms with Gasteiger partial charge in [0.05, 0.1) is 4.70 Å². The monoisotopic (exact) mass is 261 g/mol. The van der Waals surface area contributed by atoms with Gasteiger partial charge in [-0.05, 0) is 48.5 Å². The van der Waals surface area contributed by atoms with Crippen molar-refractivity contribution in [2.75, 3.05) is 13.1 Å². The van der Waals surface area contributed by atoms with Crippen LogP contribution in [0.2, 0.25) is 0 Å². The van der Waals surface area contributed by atoms with Crippen molar-refractivity contribution in [3.8, 4) is 0 Å². The van der Waals surface area contributed by atoms with Gasteiger partial charge >= 0.3 is 0 Å². The van der Waals surface area contributed by atoms with Gasteiger partial charge in [0, 0.05) is 18.7 Å². The zero-order valence-electron chi connectivity index (χ0n) is 10.3. The maximum Gasteiger partial charge on any atom is 0.253 e. The van der Waals surface area contributed by atoms with Crippen molar-refractivity contribution in [1.29, 1.82) is 0 Å². The molecule has 1 aliphatic rings. The molecule has 1 aromatic carbocycles. The summed E-state index contributed by atoms with van der Waals surface area (Å²) in [4.78, 5) is 14.3. The molecule has 0 radical (unpaired) electrons. The highest BCUT2D eigenvalue weighted by Crippen LogP contribution is 2.21. The van der Waals surface area contributed by atoms with Gasteiger partial charge in [0.1, 0.15) is 5.52 Å². The minimum atomic E-state index is 0.122. The summed E-state index contributed by atoms with van der Waals surface area (Å²) >= 11 is 1.36. The fourth-order valence-electron chi connectivity index (χ4n) is 2.31. The number of carbonyl (C=O) groups is 1. The molecule has 1 amide bonds. The molecule has 0 aliphatic carbocycles. The third-order valence-electron chi connectivity index (χ3n) is 3.56. The van der Waals surface area contributed by atoms with Crippen LogP contribution in [-0.2, 0) is 0 Å². The van der Waals surface area contributed by atoms with Crippen LogP contribution >= 0.6 is 11.5 Å². The van der Waals surface area contributed by atoms with Gasteiger partial charge < -0.3 is 4.90 Å². The summed E-state index contributed by atoms with van der Waals surface area (Å²) in [5.41, 5.74) is 1.54. The Hall–Kier alpha value is -1.49. The van der Waals surface area contributed by atoms with E-state index < -0.39 is 0 Å². The summed E-state index contributed by atoms with van der Waals surface area (Å²) in [6.07, 6.45) is 2.21. The first-order valence-electron chi connectivity index (χ1n) is 6.25. The minimum Gasteiger partial charge on any atom is -0.339 e. The number of rotatable bonds is 1. The van der Waals surface area contributed by atoms with Crippen LogP contribution in [0.3, 0.4) is 0 Å². The Bertz CT molecular complexity index is 572. The van der Waals surface area contributed by atoms with Gasteiger partial charge in [0.2, 0.25) is 0 Å². The molecule has 1 aromatic heterocycles. The lowest BCUT2D eigenvalue weighted by Crippen LogP contribution is -2.37. The second-order valence-corrected chi connectivity index (χ2v) is 5.72. The molecule has 1 saturated heterocycles. The van der Waals surface area contributed by atoms with Gasteiger partial charge in [0.15, 0.2) is 0 Å². The number of hydrogen-bond donors (Lipinski definition) is 0. The lowest BCUT2D eigenvalue weighted by Gasteiger charge is -2.30. The van der Waals surface area contributed by atoms with Crippen molar-refractivity contribution < 1.29 is 4.79 Å². The molecule has 0 bridgehead atoms. The molecule has 94 valence electrons.